The zero-order chi connectivity index (χ0) is 49.9. The van der Waals surface area contributed by atoms with Gasteiger partial charge in [-0.05, 0) is 64.2 Å². The van der Waals surface area contributed by atoms with Gasteiger partial charge in [0.2, 0.25) is 0 Å². The molecule has 0 fully saturated rings. The van der Waals surface area contributed by atoms with Gasteiger partial charge in [-0.25, -0.2) is 0 Å². The van der Waals surface area contributed by atoms with Crippen molar-refractivity contribution in [3.05, 3.63) is 72.9 Å². The number of quaternary nitrogens is 1. The number of carbonyl (C=O) groups is 3. The molecule has 0 aliphatic carbocycles. The quantitative estimate of drug-likeness (QED) is 0.0195. The fourth-order valence-electron chi connectivity index (χ4n) is 7.48. The molecule has 0 amide bonds. The molecule has 9 nitrogen and oxygen atoms in total. The van der Waals surface area contributed by atoms with Crippen molar-refractivity contribution in [1.29, 1.82) is 0 Å². The summed E-state index contributed by atoms with van der Waals surface area (Å²) in [6.07, 6.45) is 61.2. The predicted octanol–water partition coefficient (Wildman–Crippen LogP) is 14.5. The average Bonchev–Trinajstić information content (AvgIpc) is 3.30. The highest BCUT2D eigenvalue weighted by Gasteiger charge is 2.22. The van der Waals surface area contributed by atoms with Gasteiger partial charge in [-0.2, -0.15) is 0 Å². The molecule has 0 aliphatic rings. The van der Waals surface area contributed by atoms with Gasteiger partial charge in [0.1, 0.15) is 13.2 Å². The molecule has 0 aromatic heterocycles. The third-order valence-corrected chi connectivity index (χ3v) is 11.7. The minimum atomic E-state index is -1.62. The molecular formula is C59H103NO8. The van der Waals surface area contributed by atoms with Crippen LogP contribution in [0.4, 0.5) is 0 Å². The Kier molecular flexibility index (Phi) is 47.7. The van der Waals surface area contributed by atoms with Crippen molar-refractivity contribution in [2.24, 2.45) is 0 Å². The van der Waals surface area contributed by atoms with Gasteiger partial charge < -0.3 is 33.3 Å². The molecule has 0 N–H and O–H groups in total. The Bertz CT molecular complexity index is 1340. The molecule has 0 aromatic carbocycles. The first-order chi connectivity index (χ1) is 33.1. The number of likely N-dealkylation sites (N-methyl/N-ethyl adjacent to an activating group) is 1. The summed E-state index contributed by atoms with van der Waals surface area (Å²) in [5, 5.41) is 11.7. The first-order valence-corrected chi connectivity index (χ1v) is 27.6. The van der Waals surface area contributed by atoms with Crippen molar-refractivity contribution in [3.63, 3.8) is 0 Å². The molecule has 0 heterocycles. The van der Waals surface area contributed by atoms with Crippen LogP contribution >= 0.6 is 0 Å². The minimum Gasteiger partial charge on any atom is -0.545 e. The Balaban J connectivity index is 4.01. The lowest BCUT2D eigenvalue weighted by Gasteiger charge is -2.26. The highest BCUT2D eigenvalue weighted by Crippen LogP contribution is 2.16. The van der Waals surface area contributed by atoms with Crippen LogP contribution in [0.1, 0.15) is 226 Å². The lowest BCUT2D eigenvalue weighted by molar-refractivity contribution is -0.870. The van der Waals surface area contributed by atoms with Gasteiger partial charge in [-0.1, -0.05) is 222 Å². The maximum atomic E-state index is 12.8. The number of allylic oxidation sites excluding steroid dienone is 12. The van der Waals surface area contributed by atoms with E-state index in [1.165, 1.54) is 122 Å². The summed E-state index contributed by atoms with van der Waals surface area (Å²) in [7, 11) is 5.91. The Morgan fingerprint density at radius 3 is 1.25 bits per heavy atom. The fraction of sp³-hybridized carbons (Fsp3) is 0.746. The highest BCUT2D eigenvalue weighted by molar-refractivity contribution is 5.70. The zero-order valence-corrected chi connectivity index (χ0v) is 44.5. The maximum absolute atomic E-state index is 12.8. The molecule has 0 spiro atoms. The Labute approximate surface area is 417 Å². The second-order valence-electron chi connectivity index (χ2n) is 19.5. The Hall–Kier alpha value is -3.27. The van der Waals surface area contributed by atoms with Crippen LogP contribution in [-0.4, -0.2) is 82.3 Å². The van der Waals surface area contributed by atoms with Crippen molar-refractivity contribution in [2.45, 2.75) is 238 Å². The van der Waals surface area contributed by atoms with Gasteiger partial charge in [0.05, 0.1) is 40.3 Å². The molecule has 2 unspecified atom stereocenters. The van der Waals surface area contributed by atoms with Gasteiger partial charge >= 0.3 is 11.9 Å². The van der Waals surface area contributed by atoms with Gasteiger partial charge in [0, 0.05) is 12.8 Å². The number of carboxylic acids is 1. The topological polar surface area (TPSA) is 111 Å². The number of hydrogen-bond acceptors (Lipinski definition) is 8. The number of esters is 2. The number of carbonyl (C=O) groups excluding carboxylic acids is 3. The number of unbranched alkanes of at least 4 members (excludes halogenated alkanes) is 23. The number of rotatable bonds is 50. The molecule has 9 heteroatoms. The smallest absolute Gasteiger partial charge is 0.306 e. The number of aliphatic carboxylic acids is 1. The summed E-state index contributed by atoms with van der Waals surface area (Å²) >= 11 is 0. The van der Waals surface area contributed by atoms with Gasteiger partial charge in [-0.3, -0.25) is 9.59 Å². The number of nitrogens with zero attached hydrogens (tertiary/aromatic N) is 1. The predicted molar refractivity (Wildman–Crippen MR) is 283 cm³/mol. The van der Waals surface area contributed by atoms with Crippen molar-refractivity contribution < 1.29 is 42.9 Å². The second-order valence-corrected chi connectivity index (χ2v) is 19.5. The van der Waals surface area contributed by atoms with E-state index in [1.807, 2.05) is 21.1 Å². The van der Waals surface area contributed by atoms with Crippen molar-refractivity contribution in [1.82, 2.24) is 0 Å². The Morgan fingerprint density at radius 1 is 0.456 bits per heavy atom. The molecule has 0 saturated carbocycles. The number of carboxylic acid groups (broad SMARTS) is 1. The third-order valence-electron chi connectivity index (χ3n) is 11.7. The lowest BCUT2D eigenvalue weighted by atomic mass is 10.0. The van der Waals surface area contributed by atoms with Crippen LogP contribution in [0.3, 0.4) is 0 Å². The van der Waals surface area contributed by atoms with Crippen LogP contribution in [0.25, 0.3) is 0 Å². The van der Waals surface area contributed by atoms with E-state index in [0.717, 1.165) is 70.6 Å². The zero-order valence-electron chi connectivity index (χ0n) is 44.5. The summed E-state index contributed by atoms with van der Waals surface area (Å²) < 4.78 is 22.6. The molecule has 2 atom stereocenters. The van der Waals surface area contributed by atoms with Crippen LogP contribution in [0.2, 0.25) is 0 Å². The van der Waals surface area contributed by atoms with Crippen molar-refractivity contribution in [2.75, 3.05) is 47.5 Å². The van der Waals surface area contributed by atoms with Crippen LogP contribution < -0.4 is 5.11 Å². The molecule has 0 radical (unpaired) electrons. The summed E-state index contributed by atoms with van der Waals surface area (Å²) in [5.74, 6) is -2.28. The van der Waals surface area contributed by atoms with E-state index < -0.39 is 24.3 Å². The van der Waals surface area contributed by atoms with E-state index in [2.05, 4.69) is 86.8 Å². The van der Waals surface area contributed by atoms with Gasteiger partial charge in [0.25, 0.3) is 0 Å². The fourth-order valence-corrected chi connectivity index (χ4v) is 7.48. The van der Waals surface area contributed by atoms with E-state index in [-0.39, 0.29) is 32.2 Å². The summed E-state index contributed by atoms with van der Waals surface area (Å²) in [6, 6.07) is 0. The van der Waals surface area contributed by atoms with E-state index in [0.29, 0.717) is 23.9 Å². The molecule has 0 saturated heterocycles. The van der Waals surface area contributed by atoms with Crippen LogP contribution in [0, 0.1) is 0 Å². The molecule has 0 rings (SSSR count). The molecule has 68 heavy (non-hydrogen) atoms. The van der Waals surface area contributed by atoms with Gasteiger partial charge in [0.15, 0.2) is 12.4 Å². The monoisotopic (exact) mass is 954 g/mol. The molecule has 392 valence electrons. The van der Waals surface area contributed by atoms with E-state index >= 15 is 0 Å². The second kappa shape index (κ2) is 50.1. The third kappa shape index (κ3) is 50.6. The molecule has 0 bridgehead atoms. The van der Waals surface area contributed by atoms with Gasteiger partial charge in [-0.15, -0.1) is 0 Å². The standard InChI is InChI=1S/C59H103NO8/c1-6-8-10-12-14-16-17-18-19-20-21-22-23-24-25-26-27-28-29-30-31-32-33-34-35-36-37-38-39-40-41-42-44-46-48-50-57(62)68-55(54-67-59(58(63)64)65-52-51-60(3,4)5)53-66-56(61)49-47-45-43-15-13-11-9-7-2/h8,10,14,16,18-19,21-22,24-25,27-28,55,59H,6-7,9,11-13,15,17,20,23,26,29-54H2,1-5H3/b10-8-,16-14-,19-18-,22-21-,25-24-,28-27-. The highest BCUT2D eigenvalue weighted by atomic mass is 16.7. The molecule has 0 aliphatic heterocycles. The SMILES string of the molecule is CC/C=C\C/C=C\C/C=C\C/C=C\C/C=C\C/C=C\CCCCCCCCCCCCCCCCCCC(=O)OC(COC(=O)CCCCCCCCCC)COC(OCC[N+](C)(C)C)C(=O)[O-]. The summed E-state index contributed by atoms with van der Waals surface area (Å²) in [5.41, 5.74) is 0. The average molecular weight is 954 g/mol. The largest absolute Gasteiger partial charge is 0.545 e. The minimum absolute atomic E-state index is 0.147. The summed E-state index contributed by atoms with van der Waals surface area (Å²) in [4.78, 5) is 37.0. The first kappa shape index (κ1) is 64.7. The lowest BCUT2D eigenvalue weighted by Crippen LogP contribution is -2.44. The molecular weight excluding hydrogens is 851 g/mol. The van der Waals surface area contributed by atoms with Crippen molar-refractivity contribution >= 4 is 17.9 Å². The summed E-state index contributed by atoms with van der Waals surface area (Å²) in [6.45, 7) is 4.60. The van der Waals surface area contributed by atoms with E-state index in [9.17, 15) is 19.5 Å². The van der Waals surface area contributed by atoms with E-state index in [1.54, 1.807) is 0 Å². The Morgan fingerprint density at radius 2 is 0.838 bits per heavy atom. The van der Waals surface area contributed by atoms with Crippen molar-refractivity contribution in [3.8, 4) is 0 Å². The first-order valence-electron chi connectivity index (χ1n) is 27.6. The van der Waals surface area contributed by atoms with Crippen LogP contribution in [0.15, 0.2) is 72.9 Å². The number of ether oxygens (including phenoxy) is 4. The van der Waals surface area contributed by atoms with Crippen LogP contribution in [0.5, 0.6) is 0 Å². The molecule has 0 aromatic rings. The number of hydrogen-bond donors (Lipinski definition) is 0. The normalized spacial score (nSPS) is 13.4. The van der Waals surface area contributed by atoms with E-state index in [4.69, 9.17) is 18.9 Å². The maximum Gasteiger partial charge on any atom is 0.306 e. The van der Waals surface area contributed by atoms with Crippen LogP contribution in [-0.2, 0) is 33.3 Å².